The molecule has 0 saturated carbocycles. The van der Waals surface area contributed by atoms with E-state index in [9.17, 15) is 14.7 Å². The van der Waals surface area contributed by atoms with Gasteiger partial charge in [0.25, 0.3) is 0 Å². The average molecular weight is 201 g/mol. The molecule has 0 aromatic carbocycles. The molecule has 0 rings (SSSR count). The predicted octanol–water partition coefficient (Wildman–Crippen LogP) is -0.428. The molecule has 0 aliphatic carbocycles. The first-order valence-corrected chi connectivity index (χ1v) is 4.85. The molecule has 0 aromatic heterocycles. The van der Waals surface area contributed by atoms with E-state index in [1.54, 1.807) is 6.92 Å². The molecule has 0 unspecified atom stereocenters. The number of carboxylic acid groups (broad SMARTS) is 1. The number of hydrogen-bond donors (Lipinski definition) is 0. The standard InChI is InChI=1S/C10H19NO3/c1-9(12)6-4-5-7-11(2,3)8-10(13)14/h4-8H2,1-3H3. The molecule has 0 aliphatic heterocycles. The van der Waals surface area contributed by atoms with Gasteiger partial charge in [0.15, 0.2) is 0 Å². The third-order valence-electron chi connectivity index (χ3n) is 2.10. The summed E-state index contributed by atoms with van der Waals surface area (Å²) < 4.78 is 0.417. The highest BCUT2D eigenvalue weighted by molar-refractivity contribution is 5.75. The zero-order valence-electron chi connectivity index (χ0n) is 9.21. The molecule has 0 saturated heterocycles. The van der Waals surface area contributed by atoms with Crippen molar-refractivity contribution in [1.29, 1.82) is 0 Å². The smallest absolute Gasteiger partial charge is 0.129 e. The van der Waals surface area contributed by atoms with Crippen molar-refractivity contribution in [2.75, 3.05) is 27.2 Å². The van der Waals surface area contributed by atoms with Gasteiger partial charge in [-0.25, -0.2) is 0 Å². The Morgan fingerprint density at radius 3 is 2.21 bits per heavy atom. The molecule has 0 fully saturated rings. The number of nitrogens with zero attached hydrogens (tertiary/aromatic N) is 1. The summed E-state index contributed by atoms with van der Waals surface area (Å²) in [6.07, 6.45) is 2.30. The molecule has 0 N–H and O–H groups in total. The van der Waals surface area contributed by atoms with Gasteiger partial charge in [-0.2, -0.15) is 0 Å². The number of hydrogen-bond acceptors (Lipinski definition) is 3. The van der Waals surface area contributed by atoms with Gasteiger partial charge in [-0.15, -0.1) is 0 Å². The lowest BCUT2D eigenvalue weighted by atomic mass is 10.2. The van der Waals surface area contributed by atoms with Crippen LogP contribution in [-0.2, 0) is 9.59 Å². The number of Topliss-reactive ketones (excluding diaryl/α,β-unsaturated/α-hetero) is 1. The third kappa shape index (κ3) is 7.73. The van der Waals surface area contributed by atoms with Crippen LogP contribution in [-0.4, -0.2) is 43.4 Å². The van der Waals surface area contributed by atoms with E-state index in [-0.39, 0.29) is 12.3 Å². The van der Waals surface area contributed by atoms with Crippen LogP contribution in [0.2, 0.25) is 0 Å². The predicted molar refractivity (Wildman–Crippen MR) is 51.4 cm³/mol. The summed E-state index contributed by atoms with van der Waals surface area (Å²) in [7, 11) is 3.70. The van der Waals surface area contributed by atoms with E-state index in [1.165, 1.54) is 0 Å². The molecule has 4 nitrogen and oxygen atoms in total. The van der Waals surface area contributed by atoms with E-state index in [4.69, 9.17) is 0 Å². The Morgan fingerprint density at radius 2 is 1.79 bits per heavy atom. The molecule has 0 aliphatic rings. The number of carbonyl (C=O) groups is 2. The van der Waals surface area contributed by atoms with Crippen molar-refractivity contribution < 1.29 is 19.2 Å². The molecular weight excluding hydrogens is 182 g/mol. The lowest BCUT2D eigenvalue weighted by molar-refractivity contribution is -0.885. The van der Waals surface area contributed by atoms with E-state index in [2.05, 4.69) is 0 Å². The number of unbranched alkanes of at least 4 members (excludes halogenated alkanes) is 1. The Kier molecular flexibility index (Phi) is 5.38. The molecule has 0 amide bonds. The molecule has 0 bridgehead atoms. The zero-order valence-corrected chi connectivity index (χ0v) is 9.21. The number of likely N-dealkylation sites (N-methyl/N-ethyl adjacent to an activating group) is 1. The fourth-order valence-corrected chi connectivity index (χ4v) is 1.34. The van der Waals surface area contributed by atoms with Gasteiger partial charge in [-0.1, -0.05) is 0 Å². The van der Waals surface area contributed by atoms with Crippen molar-refractivity contribution >= 4 is 11.8 Å². The molecule has 0 radical (unpaired) electrons. The molecule has 0 spiro atoms. The highest BCUT2D eigenvalue weighted by Gasteiger charge is 2.14. The normalized spacial score (nSPS) is 11.4. The van der Waals surface area contributed by atoms with Gasteiger partial charge in [0.2, 0.25) is 0 Å². The Balaban J connectivity index is 3.65. The van der Waals surface area contributed by atoms with Gasteiger partial charge in [-0.3, -0.25) is 0 Å². The van der Waals surface area contributed by atoms with Crippen LogP contribution in [0, 0.1) is 0 Å². The van der Waals surface area contributed by atoms with E-state index in [0.717, 1.165) is 19.4 Å². The fourth-order valence-electron chi connectivity index (χ4n) is 1.34. The third-order valence-corrected chi connectivity index (χ3v) is 2.10. The average Bonchev–Trinajstić information content (AvgIpc) is 1.95. The summed E-state index contributed by atoms with van der Waals surface area (Å²) in [4.78, 5) is 21.0. The maximum Gasteiger partial charge on any atom is 0.129 e. The van der Waals surface area contributed by atoms with Gasteiger partial charge >= 0.3 is 0 Å². The molecule has 82 valence electrons. The molecule has 0 atom stereocenters. The van der Waals surface area contributed by atoms with E-state index in [0.29, 0.717) is 10.9 Å². The van der Waals surface area contributed by atoms with Gasteiger partial charge in [0, 0.05) is 6.42 Å². The lowest BCUT2D eigenvalue weighted by Crippen LogP contribution is -2.48. The second-order valence-corrected chi connectivity index (χ2v) is 4.35. The number of carboxylic acids is 1. The van der Waals surface area contributed by atoms with Crippen molar-refractivity contribution in [3.05, 3.63) is 0 Å². The minimum absolute atomic E-state index is 0.0278. The van der Waals surface area contributed by atoms with Crippen molar-refractivity contribution in [3.63, 3.8) is 0 Å². The van der Waals surface area contributed by atoms with E-state index < -0.39 is 5.97 Å². The number of aliphatic carboxylic acids is 1. The molecular formula is C10H19NO3. The first-order chi connectivity index (χ1) is 6.33. The maximum atomic E-state index is 10.6. The minimum atomic E-state index is -1.03. The SMILES string of the molecule is CC(=O)CCCC[N+](C)(C)CC(=O)[O-]. The summed E-state index contributed by atoms with van der Waals surface area (Å²) in [5.41, 5.74) is 0. The van der Waals surface area contributed by atoms with Gasteiger partial charge in [-0.05, 0) is 19.8 Å². The first kappa shape index (κ1) is 13.1. The quantitative estimate of drug-likeness (QED) is 0.415. The van der Waals surface area contributed by atoms with Crippen LogP contribution < -0.4 is 5.11 Å². The van der Waals surface area contributed by atoms with Crippen molar-refractivity contribution in [2.24, 2.45) is 0 Å². The van der Waals surface area contributed by atoms with E-state index >= 15 is 0 Å². The van der Waals surface area contributed by atoms with E-state index in [1.807, 2.05) is 14.1 Å². The summed E-state index contributed by atoms with van der Waals surface area (Å²) in [6, 6.07) is 0. The molecule has 0 heterocycles. The zero-order chi connectivity index (χ0) is 11.2. The van der Waals surface area contributed by atoms with Crippen LogP contribution in [0.5, 0.6) is 0 Å². The highest BCUT2D eigenvalue weighted by atomic mass is 16.4. The summed E-state index contributed by atoms with van der Waals surface area (Å²) in [5.74, 6) is -0.836. The summed E-state index contributed by atoms with van der Waals surface area (Å²) in [5, 5.41) is 10.4. The second kappa shape index (κ2) is 5.75. The van der Waals surface area contributed by atoms with Crippen molar-refractivity contribution in [1.82, 2.24) is 0 Å². The number of rotatable bonds is 7. The lowest BCUT2D eigenvalue weighted by Gasteiger charge is -2.30. The second-order valence-electron chi connectivity index (χ2n) is 4.35. The van der Waals surface area contributed by atoms with Crippen LogP contribution in [0.3, 0.4) is 0 Å². The topological polar surface area (TPSA) is 57.2 Å². The number of quaternary nitrogens is 1. The monoisotopic (exact) mass is 201 g/mol. The fraction of sp³-hybridized carbons (Fsp3) is 0.800. The van der Waals surface area contributed by atoms with Crippen LogP contribution in [0.4, 0.5) is 0 Å². The first-order valence-electron chi connectivity index (χ1n) is 4.85. The summed E-state index contributed by atoms with van der Waals surface area (Å²) >= 11 is 0. The van der Waals surface area contributed by atoms with Crippen molar-refractivity contribution in [2.45, 2.75) is 26.2 Å². The van der Waals surface area contributed by atoms with Crippen LogP contribution in [0.25, 0.3) is 0 Å². The Morgan fingerprint density at radius 1 is 1.21 bits per heavy atom. The van der Waals surface area contributed by atoms with Gasteiger partial charge in [0.1, 0.15) is 12.3 Å². The largest absolute Gasteiger partial charge is 0.544 e. The maximum absolute atomic E-state index is 10.6. The van der Waals surface area contributed by atoms with Gasteiger partial charge in [0.05, 0.1) is 26.6 Å². The van der Waals surface area contributed by atoms with Crippen LogP contribution >= 0.6 is 0 Å². The Bertz CT molecular complexity index is 211. The van der Waals surface area contributed by atoms with Crippen LogP contribution in [0.1, 0.15) is 26.2 Å². The number of ketones is 1. The Hall–Kier alpha value is -0.900. The summed E-state index contributed by atoms with van der Waals surface area (Å²) in [6.45, 7) is 2.36. The van der Waals surface area contributed by atoms with Gasteiger partial charge < -0.3 is 19.2 Å². The minimum Gasteiger partial charge on any atom is -0.544 e. The highest BCUT2D eigenvalue weighted by Crippen LogP contribution is 2.03. The molecule has 0 aromatic rings. The molecule has 14 heavy (non-hydrogen) atoms. The molecule has 4 heteroatoms. The number of carbonyl (C=O) groups excluding carboxylic acids is 2. The Labute approximate surface area is 85.1 Å². The van der Waals surface area contributed by atoms with Crippen molar-refractivity contribution in [3.8, 4) is 0 Å². The van der Waals surface area contributed by atoms with Crippen LogP contribution in [0.15, 0.2) is 0 Å².